The van der Waals surface area contributed by atoms with Crippen LogP contribution in [0.1, 0.15) is 12.8 Å². The fraction of sp³-hybridized carbons (Fsp3) is 0.333. The minimum atomic E-state index is -3.80. The predicted molar refractivity (Wildman–Crippen MR) is 131 cm³/mol. The van der Waals surface area contributed by atoms with Gasteiger partial charge < -0.3 is 9.47 Å². The van der Waals surface area contributed by atoms with Gasteiger partial charge in [0.05, 0.1) is 5.56 Å². The summed E-state index contributed by atoms with van der Waals surface area (Å²) in [6.07, 6.45) is 8.20. The number of rotatable bonds is 11. The van der Waals surface area contributed by atoms with Gasteiger partial charge in [-0.15, -0.1) is 11.8 Å². The van der Waals surface area contributed by atoms with Crippen LogP contribution in [0.4, 0.5) is 5.82 Å². The van der Waals surface area contributed by atoms with Crippen LogP contribution < -0.4 is 14.2 Å². The molecule has 0 bridgehead atoms. The molecule has 10 nitrogen and oxygen atoms in total. The molecule has 2 heterocycles. The molecule has 4 rings (SSSR count). The van der Waals surface area contributed by atoms with E-state index in [0.717, 1.165) is 17.7 Å². The summed E-state index contributed by atoms with van der Waals surface area (Å²) in [6.45, 7) is 0.285. The molecule has 1 aromatic carbocycles. The number of halogens is 1. The molecule has 1 aliphatic rings. The minimum Gasteiger partial charge on any atom is -0.473 e. The van der Waals surface area contributed by atoms with Crippen LogP contribution in [-0.4, -0.2) is 65.2 Å². The molecule has 3 aromatic rings. The number of hydrogen-bond donors (Lipinski definition) is 1. The summed E-state index contributed by atoms with van der Waals surface area (Å²) in [6, 6.07) is 7.11. The maximum atomic E-state index is 12.9. The number of hydrogen-bond acceptors (Lipinski definition) is 9. The van der Waals surface area contributed by atoms with Gasteiger partial charge in [0.15, 0.2) is 5.82 Å². The maximum Gasteiger partial charge on any atom is 0.316 e. The first-order valence-electron chi connectivity index (χ1n) is 10.4. The molecule has 0 saturated heterocycles. The van der Waals surface area contributed by atoms with E-state index in [2.05, 4.69) is 24.7 Å². The zero-order valence-corrected chi connectivity index (χ0v) is 20.9. The Bertz CT molecular complexity index is 1230. The number of nitrogens with zero attached hydrogens (tertiary/aromatic N) is 5. The van der Waals surface area contributed by atoms with Gasteiger partial charge in [0, 0.05) is 35.4 Å². The van der Waals surface area contributed by atoms with Crippen molar-refractivity contribution < 1.29 is 17.9 Å². The zero-order chi connectivity index (χ0) is 24.1. The van der Waals surface area contributed by atoms with E-state index in [1.54, 1.807) is 43.7 Å². The van der Waals surface area contributed by atoms with Gasteiger partial charge in [-0.1, -0.05) is 23.7 Å². The Morgan fingerprint density at radius 1 is 1.09 bits per heavy atom. The molecule has 0 spiro atoms. The monoisotopic (exact) mass is 522 g/mol. The fourth-order valence-corrected chi connectivity index (χ4v) is 4.61. The smallest absolute Gasteiger partial charge is 0.316 e. The Labute approximate surface area is 207 Å². The van der Waals surface area contributed by atoms with Crippen molar-refractivity contribution in [2.24, 2.45) is 0 Å². The lowest BCUT2D eigenvalue weighted by molar-refractivity contribution is 0.201. The van der Waals surface area contributed by atoms with Crippen LogP contribution in [0.25, 0.3) is 11.1 Å². The van der Waals surface area contributed by atoms with Gasteiger partial charge in [-0.3, -0.25) is 4.72 Å². The van der Waals surface area contributed by atoms with Crippen LogP contribution in [0, 0.1) is 0 Å². The molecule has 180 valence electrons. The van der Waals surface area contributed by atoms with Crippen LogP contribution in [0.3, 0.4) is 0 Å². The van der Waals surface area contributed by atoms with Crippen LogP contribution in [0.15, 0.2) is 47.9 Å². The van der Waals surface area contributed by atoms with Crippen LogP contribution in [0.5, 0.6) is 11.9 Å². The normalized spacial score (nSPS) is 13.6. The molecule has 1 N–H and O–H groups in total. The van der Waals surface area contributed by atoms with Crippen molar-refractivity contribution in [3.63, 3.8) is 0 Å². The molecule has 1 aliphatic carbocycles. The quantitative estimate of drug-likeness (QED) is 0.298. The number of aromatic nitrogens is 4. The Kier molecular flexibility index (Phi) is 7.71. The second-order valence-corrected chi connectivity index (χ2v) is 10.4. The van der Waals surface area contributed by atoms with Crippen molar-refractivity contribution in [1.82, 2.24) is 24.2 Å². The van der Waals surface area contributed by atoms with E-state index in [1.165, 1.54) is 22.4 Å². The highest BCUT2D eigenvalue weighted by atomic mass is 35.5. The van der Waals surface area contributed by atoms with Crippen molar-refractivity contribution >= 4 is 39.4 Å². The maximum absolute atomic E-state index is 12.9. The average molecular weight is 523 g/mol. The molecule has 0 aliphatic heterocycles. The molecule has 1 fully saturated rings. The van der Waals surface area contributed by atoms with Gasteiger partial charge in [0.25, 0.3) is 0 Å². The van der Waals surface area contributed by atoms with Crippen LogP contribution >= 0.6 is 23.4 Å². The molecule has 34 heavy (non-hydrogen) atoms. The number of ether oxygens (including phenoxy) is 2. The summed E-state index contributed by atoms with van der Waals surface area (Å²) in [5.74, 6) is 0.308. The van der Waals surface area contributed by atoms with E-state index in [4.69, 9.17) is 21.1 Å². The van der Waals surface area contributed by atoms with Crippen molar-refractivity contribution in [2.45, 2.75) is 23.8 Å². The van der Waals surface area contributed by atoms with E-state index in [0.29, 0.717) is 16.1 Å². The van der Waals surface area contributed by atoms with Gasteiger partial charge in [-0.2, -0.15) is 12.7 Å². The third-order valence-electron chi connectivity index (χ3n) is 5.00. The van der Waals surface area contributed by atoms with Gasteiger partial charge in [0.2, 0.25) is 5.88 Å². The first-order chi connectivity index (χ1) is 16.4. The summed E-state index contributed by atoms with van der Waals surface area (Å²) in [4.78, 5) is 17.6. The summed E-state index contributed by atoms with van der Waals surface area (Å²) >= 11 is 7.57. The lowest BCUT2D eigenvalue weighted by atomic mass is 10.1. The second-order valence-electron chi connectivity index (χ2n) is 7.37. The van der Waals surface area contributed by atoms with Gasteiger partial charge >= 0.3 is 16.2 Å². The van der Waals surface area contributed by atoms with E-state index in [-0.39, 0.29) is 37.0 Å². The predicted octanol–water partition coefficient (Wildman–Crippen LogP) is 3.52. The highest BCUT2D eigenvalue weighted by Gasteiger charge is 2.35. The Balaban J connectivity index is 1.53. The van der Waals surface area contributed by atoms with E-state index < -0.39 is 10.2 Å². The third kappa shape index (κ3) is 6.06. The number of thioether (sulfide) groups is 1. The number of nitrogens with one attached hydrogen (secondary N) is 1. The lowest BCUT2D eigenvalue weighted by Gasteiger charge is -2.19. The van der Waals surface area contributed by atoms with Crippen LogP contribution in [0.2, 0.25) is 5.02 Å². The SMILES string of the molecule is CSc1cnc(OCCOc2ncnc(NS(=O)(=O)N(C)C3CC3)c2-c2ccc(Cl)cc2)nc1. The Hall–Kier alpha value is -2.67. The highest BCUT2D eigenvalue weighted by Crippen LogP contribution is 2.36. The van der Waals surface area contributed by atoms with Crippen molar-refractivity contribution in [2.75, 3.05) is 31.2 Å². The Morgan fingerprint density at radius 3 is 2.41 bits per heavy atom. The molecule has 13 heteroatoms. The Morgan fingerprint density at radius 2 is 1.76 bits per heavy atom. The van der Waals surface area contributed by atoms with Crippen LogP contribution in [-0.2, 0) is 10.2 Å². The fourth-order valence-electron chi connectivity index (χ4n) is 3.02. The third-order valence-corrected chi connectivity index (χ3v) is 7.45. The summed E-state index contributed by atoms with van der Waals surface area (Å²) < 4.78 is 41.0. The molecule has 0 amide bonds. The largest absolute Gasteiger partial charge is 0.473 e. The van der Waals surface area contributed by atoms with Gasteiger partial charge in [0.1, 0.15) is 19.5 Å². The topological polar surface area (TPSA) is 119 Å². The van der Waals surface area contributed by atoms with E-state index >= 15 is 0 Å². The van der Waals surface area contributed by atoms with E-state index in [1.807, 2.05) is 6.26 Å². The molecule has 0 radical (unpaired) electrons. The summed E-state index contributed by atoms with van der Waals surface area (Å²) in [5.41, 5.74) is 1.04. The van der Waals surface area contributed by atoms with E-state index in [9.17, 15) is 8.42 Å². The minimum absolute atomic E-state index is 0.00149. The highest BCUT2D eigenvalue weighted by molar-refractivity contribution is 7.98. The molecular weight excluding hydrogens is 500 g/mol. The number of anilines is 1. The molecule has 1 saturated carbocycles. The number of benzene rings is 1. The second kappa shape index (κ2) is 10.7. The standard InChI is InChI=1S/C21H23ClN6O4S2/c1-28(16-7-8-16)34(29,30)27-19-18(14-3-5-15(22)6-4-14)20(26-13-25-19)31-9-10-32-21-23-11-17(33-2)12-24-21/h3-6,11-13,16H,7-10H2,1-2H3,(H,25,26,27). The molecule has 0 atom stereocenters. The van der Waals surface area contributed by atoms with Crippen molar-refractivity contribution in [3.8, 4) is 23.0 Å². The van der Waals surface area contributed by atoms with Crippen molar-refractivity contribution in [3.05, 3.63) is 48.0 Å². The average Bonchev–Trinajstić information content (AvgIpc) is 3.68. The van der Waals surface area contributed by atoms with Crippen molar-refractivity contribution in [1.29, 1.82) is 0 Å². The molecule has 2 aromatic heterocycles. The summed E-state index contributed by atoms with van der Waals surface area (Å²) in [7, 11) is -2.26. The van der Waals surface area contributed by atoms with Gasteiger partial charge in [-0.05, 0) is 36.8 Å². The zero-order valence-electron chi connectivity index (χ0n) is 18.5. The summed E-state index contributed by atoms with van der Waals surface area (Å²) in [5, 5.41) is 0.541. The first-order valence-corrected chi connectivity index (χ1v) is 13.4. The molecule has 0 unspecified atom stereocenters. The van der Waals surface area contributed by atoms with Gasteiger partial charge in [-0.25, -0.2) is 19.9 Å². The lowest BCUT2D eigenvalue weighted by Crippen LogP contribution is -2.34. The first kappa shape index (κ1) is 24.5. The molecular formula is C21H23ClN6O4S2.